The first-order valence-electron chi connectivity index (χ1n) is 10.5. The van der Waals surface area contributed by atoms with Crippen molar-refractivity contribution >= 4 is 23.2 Å². The summed E-state index contributed by atoms with van der Waals surface area (Å²) in [6.07, 6.45) is 2.03. The number of rotatable bonds is 3. The lowest BCUT2D eigenvalue weighted by atomic mass is 9.96. The first-order valence-corrected chi connectivity index (χ1v) is 11.4. The Morgan fingerprint density at radius 3 is 2.45 bits per heavy atom. The van der Waals surface area contributed by atoms with Crippen LogP contribution < -0.4 is 0 Å². The number of alkyl halides is 3. The Balaban J connectivity index is 0.000000339. The summed E-state index contributed by atoms with van der Waals surface area (Å²) in [7, 11) is 0. The highest BCUT2D eigenvalue weighted by Crippen LogP contribution is 2.33. The van der Waals surface area contributed by atoms with Crippen LogP contribution in [0.15, 0.2) is 11.6 Å². The van der Waals surface area contributed by atoms with E-state index in [1.807, 2.05) is 16.5 Å². The van der Waals surface area contributed by atoms with Gasteiger partial charge in [-0.25, -0.2) is 9.78 Å². The minimum absolute atomic E-state index is 0.209. The Bertz CT molecular complexity index is 739. The molecule has 0 aromatic carbocycles. The summed E-state index contributed by atoms with van der Waals surface area (Å²) in [5.41, 5.74) is 0. The molecule has 4 heterocycles. The number of ether oxygens (including phenoxy) is 1. The van der Waals surface area contributed by atoms with Crippen LogP contribution in [-0.2, 0) is 20.9 Å². The van der Waals surface area contributed by atoms with Crippen molar-refractivity contribution in [1.29, 1.82) is 0 Å². The number of fused-ring (bicyclic) bond motifs is 1. The fourth-order valence-electron chi connectivity index (χ4n) is 4.33. The Morgan fingerprint density at radius 1 is 1.19 bits per heavy atom. The molecule has 3 fully saturated rings. The molecule has 3 saturated heterocycles. The second-order valence-corrected chi connectivity index (χ2v) is 9.28. The first kappa shape index (κ1) is 23.9. The van der Waals surface area contributed by atoms with Crippen molar-refractivity contribution in [3.8, 4) is 0 Å². The second kappa shape index (κ2) is 10.3. The predicted octanol–water partition coefficient (Wildman–Crippen LogP) is 3.16. The number of hydrogen-bond donors (Lipinski definition) is 1. The summed E-state index contributed by atoms with van der Waals surface area (Å²) < 4.78 is 38.0. The van der Waals surface area contributed by atoms with Gasteiger partial charge >= 0.3 is 12.1 Å². The van der Waals surface area contributed by atoms with Crippen LogP contribution in [0.5, 0.6) is 0 Å². The van der Waals surface area contributed by atoms with Crippen molar-refractivity contribution in [2.75, 3.05) is 19.6 Å². The molecule has 3 atom stereocenters. The minimum Gasteiger partial charge on any atom is -0.475 e. The first-order chi connectivity index (χ1) is 14.6. The van der Waals surface area contributed by atoms with E-state index in [0.29, 0.717) is 6.04 Å². The summed E-state index contributed by atoms with van der Waals surface area (Å²) in [5, 5.41) is 10.3. The molecule has 11 heteroatoms. The van der Waals surface area contributed by atoms with Crippen molar-refractivity contribution in [1.82, 2.24) is 14.8 Å². The molecular weight excluding hydrogens is 435 g/mol. The molecule has 0 aliphatic carbocycles. The predicted molar refractivity (Wildman–Crippen MR) is 107 cm³/mol. The van der Waals surface area contributed by atoms with Gasteiger partial charge in [-0.2, -0.15) is 13.2 Å². The van der Waals surface area contributed by atoms with Crippen LogP contribution in [0, 0.1) is 5.92 Å². The van der Waals surface area contributed by atoms with E-state index < -0.39 is 12.1 Å². The largest absolute Gasteiger partial charge is 0.490 e. The Morgan fingerprint density at radius 2 is 1.87 bits per heavy atom. The topological polar surface area (TPSA) is 83.0 Å². The highest BCUT2D eigenvalue weighted by molar-refractivity contribution is 7.09. The molecule has 0 spiro atoms. The number of carboxylic acids is 1. The number of amides is 1. The maximum Gasteiger partial charge on any atom is 0.490 e. The van der Waals surface area contributed by atoms with Gasteiger partial charge < -0.3 is 14.7 Å². The van der Waals surface area contributed by atoms with Crippen LogP contribution in [-0.4, -0.2) is 75.8 Å². The maximum atomic E-state index is 12.8. The standard InChI is InChI=1S/C18H27N3O2S.C2HF3O2/c1-13-4-8-20(9-5-13)18(22)16-3-2-14-15(23-16)6-10-21(14)12-17-19-7-11-24-17;3-2(4,5)1(6)7/h7,11,13-16H,2-6,8-10,12H2,1H3;(H,6,7)/t14-,15-,16-;/m1./s1. The summed E-state index contributed by atoms with van der Waals surface area (Å²) in [4.78, 5) is 30.6. The van der Waals surface area contributed by atoms with Crippen molar-refractivity contribution in [3.63, 3.8) is 0 Å². The molecule has 3 aliphatic heterocycles. The lowest BCUT2D eigenvalue weighted by Crippen LogP contribution is -2.50. The maximum absolute atomic E-state index is 12.8. The van der Waals surface area contributed by atoms with Gasteiger partial charge in [-0.1, -0.05) is 6.92 Å². The smallest absolute Gasteiger partial charge is 0.475 e. The Kier molecular flexibility index (Phi) is 7.92. The average Bonchev–Trinajstić information content (AvgIpc) is 3.38. The van der Waals surface area contributed by atoms with Crippen LogP contribution >= 0.6 is 11.3 Å². The number of hydrogen-bond acceptors (Lipinski definition) is 6. The summed E-state index contributed by atoms with van der Waals surface area (Å²) in [5.74, 6) is -1.77. The molecule has 0 unspecified atom stereocenters. The van der Waals surface area contributed by atoms with Gasteiger partial charge in [0.1, 0.15) is 11.1 Å². The fourth-order valence-corrected chi connectivity index (χ4v) is 4.97. The number of carbonyl (C=O) groups is 2. The Hall–Kier alpha value is -1.72. The summed E-state index contributed by atoms with van der Waals surface area (Å²) in [6.45, 7) is 6.06. The van der Waals surface area contributed by atoms with E-state index in [0.717, 1.165) is 64.2 Å². The van der Waals surface area contributed by atoms with Crippen LogP contribution in [0.25, 0.3) is 0 Å². The molecule has 4 rings (SSSR count). The van der Waals surface area contributed by atoms with Gasteiger partial charge in [0, 0.05) is 37.3 Å². The molecule has 1 N–H and O–H groups in total. The Labute approximate surface area is 183 Å². The van der Waals surface area contributed by atoms with Gasteiger partial charge in [0.2, 0.25) is 0 Å². The van der Waals surface area contributed by atoms with Gasteiger partial charge in [0.05, 0.1) is 12.6 Å². The lowest BCUT2D eigenvalue weighted by molar-refractivity contribution is -0.192. The zero-order chi connectivity index (χ0) is 22.6. The van der Waals surface area contributed by atoms with E-state index >= 15 is 0 Å². The van der Waals surface area contributed by atoms with Crippen molar-refractivity contribution < 1.29 is 32.6 Å². The highest BCUT2D eigenvalue weighted by atomic mass is 32.1. The third kappa shape index (κ3) is 6.39. The molecule has 1 aromatic rings. The highest BCUT2D eigenvalue weighted by Gasteiger charge is 2.43. The minimum atomic E-state index is -5.08. The average molecular weight is 464 g/mol. The van der Waals surface area contributed by atoms with Gasteiger partial charge in [-0.05, 0) is 38.0 Å². The van der Waals surface area contributed by atoms with E-state index in [1.165, 1.54) is 5.01 Å². The van der Waals surface area contributed by atoms with E-state index in [9.17, 15) is 18.0 Å². The van der Waals surface area contributed by atoms with Gasteiger partial charge in [-0.3, -0.25) is 9.69 Å². The molecule has 0 bridgehead atoms. The van der Waals surface area contributed by atoms with Crippen LogP contribution in [0.4, 0.5) is 13.2 Å². The third-order valence-electron chi connectivity index (χ3n) is 6.10. The van der Waals surface area contributed by atoms with Crippen molar-refractivity contribution in [2.45, 2.75) is 70.0 Å². The van der Waals surface area contributed by atoms with E-state index in [4.69, 9.17) is 14.6 Å². The summed E-state index contributed by atoms with van der Waals surface area (Å²) in [6, 6.07) is 0.458. The fraction of sp³-hybridized carbons (Fsp3) is 0.750. The number of nitrogens with zero attached hydrogens (tertiary/aromatic N) is 3. The van der Waals surface area contributed by atoms with Crippen LogP contribution in [0.1, 0.15) is 44.0 Å². The SMILES string of the molecule is CC1CCN(C(=O)[C@H]2CC[C@@H]3[C@@H](CCN3Cc3nccs3)O2)CC1.O=C(O)C(F)(F)F. The number of thiazole rings is 1. The number of likely N-dealkylation sites (tertiary alicyclic amines) is 2. The summed E-state index contributed by atoms with van der Waals surface area (Å²) >= 11 is 1.72. The number of aliphatic carboxylic acids is 1. The molecule has 3 aliphatic rings. The third-order valence-corrected chi connectivity index (χ3v) is 6.86. The molecule has 0 radical (unpaired) electrons. The number of aromatic nitrogens is 1. The zero-order valence-corrected chi connectivity index (χ0v) is 18.2. The molecule has 174 valence electrons. The molecule has 0 saturated carbocycles. The second-order valence-electron chi connectivity index (χ2n) is 8.30. The molecule has 31 heavy (non-hydrogen) atoms. The molecule has 1 amide bonds. The zero-order valence-electron chi connectivity index (χ0n) is 17.4. The van der Waals surface area contributed by atoms with Crippen molar-refractivity contribution in [2.24, 2.45) is 5.92 Å². The quantitative estimate of drug-likeness (QED) is 0.742. The number of piperidine rings is 1. The lowest BCUT2D eigenvalue weighted by Gasteiger charge is -2.38. The van der Waals surface area contributed by atoms with E-state index in [1.54, 1.807) is 11.3 Å². The molecular formula is C20H28F3N3O4S. The monoisotopic (exact) mass is 463 g/mol. The van der Waals surface area contributed by atoms with Gasteiger partial charge in [0.15, 0.2) is 0 Å². The van der Waals surface area contributed by atoms with Crippen LogP contribution in [0.2, 0.25) is 0 Å². The van der Waals surface area contributed by atoms with E-state index in [2.05, 4.69) is 16.8 Å². The van der Waals surface area contributed by atoms with Gasteiger partial charge in [0.25, 0.3) is 5.91 Å². The van der Waals surface area contributed by atoms with E-state index in [-0.39, 0.29) is 18.1 Å². The molecule has 1 aromatic heterocycles. The number of carboxylic acid groups (broad SMARTS) is 1. The van der Waals surface area contributed by atoms with Crippen LogP contribution in [0.3, 0.4) is 0 Å². The van der Waals surface area contributed by atoms with Crippen molar-refractivity contribution in [3.05, 3.63) is 16.6 Å². The number of halogens is 3. The number of carbonyl (C=O) groups excluding carboxylic acids is 1. The molecule has 7 nitrogen and oxygen atoms in total. The van der Waals surface area contributed by atoms with Gasteiger partial charge in [-0.15, -0.1) is 11.3 Å². The normalized spacial score (nSPS) is 27.4.